The molecule has 3 heterocycles. The normalized spacial score (nSPS) is 12.1. The molecule has 4 rings (SSSR count). The number of carbonyl (C=O) groups excluding carboxylic acids is 1. The van der Waals surface area contributed by atoms with Gasteiger partial charge in [0, 0.05) is 30.4 Å². The van der Waals surface area contributed by atoms with Crippen LogP contribution in [0.1, 0.15) is 40.1 Å². The monoisotopic (exact) mass is 385 g/mol. The number of pyridine rings is 2. The zero-order chi connectivity index (χ0) is 20.5. The molecule has 0 spiro atoms. The van der Waals surface area contributed by atoms with Gasteiger partial charge < -0.3 is 5.32 Å². The molecule has 1 unspecified atom stereocenters. The zero-order valence-electron chi connectivity index (χ0n) is 17.0. The van der Waals surface area contributed by atoms with Gasteiger partial charge in [0.15, 0.2) is 0 Å². The topological polar surface area (TPSA) is 72.7 Å². The van der Waals surface area contributed by atoms with Crippen LogP contribution < -0.4 is 5.32 Å². The predicted molar refractivity (Wildman–Crippen MR) is 114 cm³/mol. The van der Waals surface area contributed by atoms with Crippen LogP contribution in [0.3, 0.4) is 0 Å². The van der Waals surface area contributed by atoms with Crippen LogP contribution in [0.2, 0.25) is 0 Å². The number of fused-ring (bicyclic) bond motifs is 1. The van der Waals surface area contributed by atoms with Crippen molar-refractivity contribution in [2.24, 2.45) is 7.05 Å². The van der Waals surface area contributed by atoms with Crippen molar-refractivity contribution in [2.75, 3.05) is 0 Å². The molecule has 4 aromatic rings. The molecule has 0 saturated heterocycles. The molecule has 0 radical (unpaired) electrons. The van der Waals surface area contributed by atoms with Crippen molar-refractivity contribution < 1.29 is 4.79 Å². The average molecular weight is 385 g/mol. The number of hydrogen-bond donors (Lipinski definition) is 1. The minimum absolute atomic E-state index is 0.143. The molecule has 3 aromatic heterocycles. The number of aromatic nitrogens is 4. The number of aryl methyl sites for hydroxylation is 3. The van der Waals surface area contributed by atoms with Gasteiger partial charge >= 0.3 is 0 Å². The lowest BCUT2D eigenvalue weighted by molar-refractivity contribution is 0.0941. The maximum atomic E-state index is 13.3. The van der Waals surface area contributed by atoms with Gasteiger partial charge in [0.2, 0.25) is 0 Å². The molecule has 6 nitrogen and oxygen atoms in total. The van der Waals surface area contributed by atoms with E-state index in [0.717, 1.165) is 33.4 Å². The van der Waals surface area contributed by atoms with E-state index in [1.54, 1.807) is 10.9 Å². The van der Waals surface area contributed by atoms with Crippen LogP contribution in [0.15, 0.2) is 54.9 Å². The smallest absolute Gasteiger partial charge is 0.252 e. The van der Waals surface area contributed by atoms with Crippen LogP contribution >= 0.6 is 0 Å². The third kappa shape index (κ3) is 3.74. The van der Waals surface area contributed by atoms with Crippen molar-refractivity contribution in [3.63, 3.8) is 0 Å². The predicted octanol–water partition coefficient (Wildman–Crippen LogP) is 4.14. The first-order chi connectivity index (χ1) is 13.9. The molecule has 1 atom stereocenters. The Morgan fingerprint density at radius 2 is 1.93 bits per heavy atom. The SMILES string of the molecule is Cc1ccc2nc(-c3ccccn3)cc(C(=O)NC(C)c3cn(C)nc3C)c2c1. The van der Waals surface area contributed by atoms with Crippen molar-refractivity contribution in [2.45, 2.75) is 26.8 Å². The summed E-state index contributed by atoms with van der Waals surface area (Å²) >= 11 is 0. The summed E-state index contributed by atoms with van der Waals surface area (Å²) in [6.07, 6.45) is 3.66. The standard InChI is InChI=1S/C23H23N5O/c1-14-8-9-20-17(11-14)18(12-22(26-20)21-7-5-6-10-24-21)23(29)25-15(2)19-13-28(4)27-16(19)3/h5-13,15H,1-4H3,(H,25,29). The van der Waals surface area contributed by atoms with E-state index < -0.39 is 0 Å². The van der Waals surface area contributed by atoms with Crippen molar-refractivity contribution in [1.82, 2.24) is 25.1 Å². The third-order valence-corrected chi connectivity index (χ3v) is 5.00. The first-order valence-electron chi connectivity index (χ1n) is 9.56. The maximum Gasteiger partial charge on any atom is 0.252 e. The van der Waals surface area contributed by atoms with Crippen LogP contribution in [0, 0.1) is 13.8 Å². The second-order valence-corrected chi connectivity index (χ2v) is 7.33. The van der Waals surface area contributed by atoms with E-state index in [1.807, 2.05) is 76.5 Å². The molecular weight excluding hydrogens is 362 g/mol. The fourth-order valence-corrected chi connectivity index (χ4v) is 3.57. The van der Waals surface area contributed by atoms with E-state index in [0.29, 0.717) is 11.3 Å². The number of amides is 1. The van der Waals surface area contributed by atoms with E-state index in [4.69, 9.17) is 4.98 Å². The highest BCUT2D eigenvalue weighted by molar-refractivity contribution is 6.07. The lowest BCUT2D eigenvalue weighted by Gasteiger charge is -2.15. The Bertz CT molecular complexity index is 1200. The van der Waals surface area contributed by atoms with E-state index in [1.165, 1.54) is 0 Å². The van der Waals surface area contributed by atoms with Crippen LogP contribution in [0.25, 0.3) is 22.3 Å². The number of benzene rings is 1. The molecule has 0 fully saturated rings. The molecule has 6 heteroatoms. The summed E-state index contributed by atoms with van der Waals surface area (Å²) in [6, 6.07) is 13.3. The van der Waals surface area contributed by atoms with Gasteiger partial charge in [0.05, 0.1) is 34.2 Å². The minimum atomic E-state index is -0.164. The summed E-state index contributed by atoms with van der Waals surface area (Å²) in [6.45, 7) is 5.92. The largest absolute Gasteiger partial charge is 0.345 e. The molecule has 0 bridgehead atoms. The maximum absolute atomic E-state index is 13.3. The summed E-state index contributed by atoms with van der Waals surface area (Å²) in [5.41, 5.74) is 5.76. The van der Waals surface area contributed by atoms with Crippen LogP contribution in [0.5, 0.6) is 0 Å². The molecule has 0 aliphatic rings. The lowest BCUT2D eigenvalue weighted by Crippen LogP contribution is -2.27. The molecule has 1 N–H and O–H groups in total. The molecule has 146 valence electrons. The first kappa shape index (κ1) is 18.8. The van der Waals surface area contributed by atoms with Crippen molar-refractivity contribution >= 4 is 16.8 Å². The van der Waals surface area contributed by atoms with E-state index in [-0.39, 0.29) is 11.9 Å². The second-order valence-electron chi connectivity index (χ2n) is 7.33. The number of rotatable bonds is 4. The van der Waals surface area contributed by atoms with Gasteiger partial charge in [0.25, 0.3) is 5.91 Å². The van der Waals surface area contributed by atoms with Gasteiger partial charge in [-0.05, 0) is 51.1 Å². The number of nitrogens with one attached hydrogen (secondary N) is 1. The second kappa shape index (κ2) is 7.47. The first-order valence-corrected chi connectivity index (χ1v) is 9.56. The molecule has 1 amide bonds. The van der Waals surface area contributed by atoms with Gasteiger partial charge in [-0.1, -0.05) is 17.7 Å². The molecule has 0 saturated carbocycles. The van der Waals surface area contributed by atoms with Gasteiger partial charge in [-0.15, -0.1) is 0 Å². The van der Waals surface area contributed by atoms with Crippen molar-refractivity contribution in [3.8, 4) is 11.4 Å². The van der Waals surface area contributed by atoms with Gasteiger partial charge in [0.1, 0.15) is 0 Å². The zero-order valence-corrected chi connectivity index (χ0v) is 17.0. The summed E-state index contributed by atoms with van der Waals surface area (Å²) in [5.74, 6) is -0.143. The molecule has 0 aliphatic heterocycles. The van der Waals surface area contributed by atoms with E-state index in [9.17, 15) is 4.79 Å². The Labute approximate surface area is 169 Å². The van der Waals surface area contributed by atoms with E-state index in [2.05, 4.69) is 15.4 Å². The fourth-order valence-electron chi connectivity index (χ4n) is 3.57. The highest BCUT2D eigenvalue weighted by atomic mass is 16.1. The fraction of sp³-hybridized carbons (Fsp3) is 0.217. The molecule has 1 aromatic carbocycles. The van der Waals surface area contributed by atoms with Crippen molar-refractivity contribution in [3.05, 3.63) is 77.2 Å². The van der Waals surface area contributed by atoms with Crippen LogP contribution in [0.4, 0.5) is 0 Å². The molecule has 0 aliphatic carbocycles. The van der Waals surface area contributed by atoms with Gasteiger partial charge in [-0.2, -0.15) is 5.10 Å². The van der Waals surface area contributed by atoms with Gasteiger partial charge in [-0.25, -0.2) is 4.98 Å². The Morgan fingerprint density at radius 1 is 1.10 bits per heavy atom. The summed E-state index contributed by atoms with van der Waals surface area (Å²) in [4.78, 5) is 22.4. The van der Waals surface area contributed by atoms with Crippen LogP contribution in [-0.2, 0) is 7.05 Å². The average Bonchev–Trinajstić information content (AvgIpc) is 3.06. The quantitative estimate of drug-likeness (QED) is 0.573. The van der Waals surface area contributed by atoms with Crippen LogP contribution in [-0.4, -0.2) is 25.7 Å². The molecule has 29 heavy (non-hydrogen) atoms. The summed E-state index contributed by atoms with van der Waals surface area (Å²) in [7, 11) is 1.88. The Hall–Kier alpha value is -3.54. The highest BCUT2D eigenvalue weighted by Crippen LogP contribution is 2.26. The Morgan fingerprint density at radius 3 is 2.62 bits per heavy atom. The number of nitrogens with zero attached hydrogens (tertiary/aromatic N) is 4. The van der Waals surface area contributed by atoms with E-state index >= 15 is 0 Å². The van der Waals surface area contributed by atoms with Gasteiger partial charge in [-0.3, -0.25) is 14.5 Å². The third-order valence-electron chi connectivity index (χ3n) is 5.00. The summed E-state index contributed by atoms with van der Waals surface area (Å²) < 4.78 is 1.76. The number of hydrogen-bond acceptors (Lipinski definition) is 4. The molecular formula is C23H23N5O. The van der Waals surface area contributed by atoms with Crippen molar-refractivity contribution in [1.29, 1.82) is 0 Å². The Kier molecular flexibility index (Phi) is 4.84. The number of carbonyl (C=O) groups is 1. The lowest BCUT2D eigenvalue weighted by atomic mass is 10.0. The summed E-state index contributed by atoms with van der Waals surface area (Å²) in [5, 5.41) is 8.32. The highest BCUT2D eigenvalue weighted by Gasteiger charge is 2.19. The Balaban J connectivity index is 1.77. The minimum Gasteiger partial charge on any atom is -0.345 e.